The minimum Gasteiger partial charge on any atom is -0.410 e. The largest absolute Gasteiger partial charge is 0.417 e. The molecule has 1 aromatic carbocycles. The van der Waals surface area contributed by atoms with Crippen molar-refractivity contribution in [3.05, 3.63) is 42.5 Å². The second-order valence-electron chi connectivity index (χ2n) is 4.36. The molecule has 19 heavy (non-hydrogen) atoms. The summed E-state index contributed by atoms with van der Waals surface area (Å²) >= 11 is 0. The van der Waals surface area contributed by atoms with Crippen LogP contribution in [-0.4, -0.2) is 35.7 Å². The van der Waals surface area contributed by atoms with Crippen LogP contribution in [0.1, 0.15) is 0 Å². The third kappa shape index (κ3) is 2.24. The molecule has 6 heteroatoms. The third-order valence-corrected chi connectivity index (χ3v) is 3.05. The minimum absolute atomic E-state index is 0.0722. The Morgan fingerprint density at radius 1 is 1.42 bits per heavy atom. The van der Waals surface area contributed by atoms with Gasteiger partial charge in [0.2, 0.25) is 0 Å². The van der Waals surface area contributed by atoms with Crippen molar-refractivity contribution < 1.29 is 9.53 Å². The summed E-state index contributed by atoms with van der Waals surface area (Å²) in [5.74, 6) is 0.862. The predicted octanol–water partition coefficient (Wildman–Crippen LogP) is 0.670. The van der Waals surface area contributed by atoms with Crippen molar-refractivity contribution in [2.24, 2.45) is 10.7 Å². The topological polar surface area (TPSA) is 80.0 Å². The van der Waals surface area contributed by atoms with E-state index in [9.17, 15) is 4.79 Å². The maximum Gasteiger partial charge on any atom is 0.417 e. The summed E-state index contributed by atoms with van der Waals surface area (Å²) in [4.78, 5) is 17.9. The summed E-state index contributed by atoms with van der Waals surface area (Å²) in [6.07, 6.45) is 3.10. The number of para-hydroxylation sites is 1. The summed E-state index contributed by atoms with van der Waals surface area (Å²) < 4.78 is 5.31. The van der Waals surface area contributed by atoms with Crippen LogP contribution in [0.5, 0.6) is 5.75 Å². The molecular weight excluding hydrogens is 244 g/mol. The summed E-state index contributed by atoms with van der Waals surface area (Å²) in [6.45, 7) is 0.464. The van der Waals surface area contributed by atoms with Crippen molar-refractivity contribution in [3.63, 3.8) is 0 Å². The molecule has 0 unspecified atom stereocenters. The molecule has 98 valence electrons. The van der Waals surface area contributed by atoms with Crippen molar-refractivity contribution >= 4 is 12.1 Å². The van der Waals surface area contributed by atoms with Gasteiger partial charge in [-0.25, -0.2) is 9.79 Å². The molecule has 0 bridgehead atoms. The van der Waals surface area contributed by atoms with Gasteiger partial charge in [-0.1, -0.05) is 30.4 Å². The first-order chi connectivity index (χ1) is 9.24. The normalized spacial score (nSPS) is 24.4. The van der Waals surface area contributed by atoms with Crippen LogP contribution in [0.15, 0.2) is 47.5 Å². The number of amides is 1. The number of hydrogen-bond donors (Lipinski definition) is 2. The fourth-order valence-electron chi connectivity index (χ4n) is 2.18. The number of benzene rings is 1. The molecule has 3 rings (SSSR count). The standard InChI is InChI=1S/C13H14N4O2/c14-12-15-10-7-4-8-17(11(10)16-12)13(18)19-9-5-2-1-3-6-9/h1-7,10-11H,8H2,(H3,14,15,16)/t10-,11+/m1/s1. The molecule has 6 nitrogen and oxygen atoms in total. The van der Waals surface area contributed by atoms with Crippen LogP contribution < -0.4 is 15.8 Å². The molecule has 3 N–H and O–H groups in total. The highest BCUT2D eigenvalue weighted by Gasteiger charge is 2.36. The first-order valence-electron chi connectivity index (χ1n) is 6.04. The van der Waals surface area contributed by atoms with E-state index in [1.807, 2.05) is 30.4 Å². The zero-order chi connectivity index (χ0) is 13.2. The highest BCUT2D eigenvalue weighted by atomic mass is 16.6. The van der Waals surface area contributed by atoms with Gasteiger partial charge in [0.05, 0.1) is 6.04 Å². The number of carbonyl (C=O) groups excluding carboxylic acids is 1. The Morgan fingerprint density at radius 3 is 3.00 bits per heavy atom. The summed E-state index contributed by atoms with van der Waals surface area (Å²) in [5.41, 5.74) is 5.64. The van der Waals surface area contributed by atoms with Gasteiger partial charge in [0.1, 0.15) is 5.75 Å². The first-order valence-corrected chi connectivity index (χ1v) is 6.04. The molecule has 2 atom stereocenters. The number of hydrogen-bond acceptors (Lipinski definition) is 5. The van der Waals surface area contributed by atoms with Gasteiger partial charge in [-0.3, -0.25) is 4.90 Å². The molecule has 0 fully saturated rings. The number of rotatable bonds is 1. The molecule has 0 aliphatic carbocycles. The van der Waals surface area contributed by atoms with Crippen LogP contribution in [0.25, 0.3) is 0 Å². The minimum atomic E-state index is -0.425. The van der Waals surface area contributed by atoms with Gasteiger partial charge >= 0.3 is 6.09 Å². The highest BCUT2D eigenvalue weighted by molar-refractivity contribution is 5.82. The molecule has 2 aliphatic heterocycles. The van der Waals surface area contributed by atoms with Crippen molar-refractivity contribution in [1.82, 2.24) is 10.2 Å². The van der Waals surface area contributed by atoms with Crippen LogP contribution >= 0.6 is 0 Å². The lowest BCUT2D eigenvalue weighted by Crippen LogP contribution is -2.50. The Labute approximate surface area is 110 Å². The van der Waals surface area contributed by atoms with Crippen molar-refractivity contribution in [2.45, 2.75) is 12.2 Å². The predicted molar refractivity (Wildman–Crippen MR) is 70.6 cm³/mol. The quantitative estimate of drug-likeness (QED) is 0.726. The number of nitrogens with zero attached hydrogens (tertiary/aromatic N) is 2. The molecule has 0 radical (unpaired) electrons. The first kappa shape index (κ1) is 11.6. The number of carbonyl (C=O) groups is 1. The molecule has 1 aromatic rings. The second-order valence-corrected chi connectivity index (χ2v) is 4.36. The molecule has 2 heterocycles. The van der Waals surface area contributed by atoms with Gasteiger partial charge < -0.3 is 15.8 Å². The second kappa shape index (κ2) is 4.64. The smallest absolute Gasteiger partial charge is 0.410 e. The van der Waals surface area contributed by atoms with Crippen LogP contribution in [0, 0.1) is 0 Å². The molecule has 0 spiro atoms. The van der Waals surface area contributed by atoms with E-state index in [-0.39, 0.29) is 12.2 Å². The number of nitrogens with two attached hydrogens (primary N) is 1. The van der Waals surface area contributed by atoms with E-state index >= 15 is 0 Å². The van der Waals surface area contributed by atoms with Gasteiger partial charge in [0.25, 0.3) is 0 Å². The zero-order valence-corrected chi connectivity index (χ0v) is 10.2. The molecule has 0 saturated heterocycles. The van der Waals surface area contributed by atoms with E-state index in [1.54, 1.807) is 17.0 Å². The summed E-state index contributed by atoms with van der Waals surface area (Å²) in [7, 11) is 0. The van der Waals surface area contributed by atoms with Gasteiger partial charge in [-0.15, -0.1) is 0 Å². The number of guanidine groups is 1. The lowest BCUT2D eigenvalue weighted by atomic mass is 10.1. The third-order valence-electron chi connectivity index (χ3n) is 3.05. The van der Waals surface area contributed by atoms with E-state index in [4.69, 9.17) is 10.5 Å². The van der Waals surface area contributed by atoms with Crippen LogP contribution in [0.2, 0.25) is 0 Å². The average molecular weight is 258 g/mol. The van der Waals surface area contributed by atoms with Gasteiger partial charge in [-0.05, 0) is 12.1 Å². The number of nitrogens with one attached hydrogen (secondary N) is 1. The van der Waals surface area contributed by atoms with Crippen LogP contribution in [-0.2, 0) is 0 Å². The van der Waals surface area contributed by atoms with Gasteiger partial charge in [0.15, 0.2) is 12.1 Å². The maximum atomic E-state index is 12.1. The van der Waals surface area contributed by atoms with E-state index in [0.29, 0.717) is 18.3 Å². The van der Waals surface area contributed by atoms with Gasteiger partial charge in [-0.2, -0.15) is 0 Å². The number of fused-ring (bicyclic) bond motifs is 1. The van der Waals surface area contributed by atoms with E-state index < -0.39 is 6.09 Å². The fraction of sp³-hybridized carbons (Fsp3) is 0.231. The molecule has 0 aromatic heterocycles. The average Bonchev–Trinajstić information content (AvgIpc) is 2.79. The molecule has 0 saturated carbocycles. The van der Waals surface area contributed by atoms with Crippen molar-refractivity contribution in [1.29, 1.82) is 0 Å². The van der Waals surface area contributed by atoms with Crippen molar-refractivity contribution in [2.75, 3.05) is 6.54 Å². The van der Waals surface area contributed by atoms with Crippen LogP contribution in [0.3, 0.4) is 0 Å². The lowest BCUT2D eigenvalue weighted by molar-refractivity contribution is 0.133. The Bertz CT molecular complexity index is 541. The lowest BCUT2D eigenvalue weighted by Gasteiger charge is -2.30. The maximum absolute atomic E-state index is 12.1. The van der Waals surface area contributed by atoms with Gasteiger partial charge in [0, 0.05) is 6.54 Å². The Hall–Kier alpha value is -2.50. The Morgan fingerprint density at radius 2 is 2.21 bits per heavy atom. The summed E-state index contributed by atoms with van der Waals surface area (Å²) in [5, 5.41) is 3.00. The molecular formula is C13H14N4O2. The van der Waals surface area contributed by atoms with E-state index in [2.05, 4.69) is 10.3 Å². The SMILES string of the molecule is NC1=N[C@@H]2[C@@H](C=CCN2C(=O)Oc2ccccc2)N1. The Kier molecular flexibility index (Phi) is 2.83. The Balaban J connectivity index is 1.75. The van der Waals surface area contributed by atoms with E-state index in [0.717, 1.165) is 0 Å². The van der Waals surface area contributed by atoms with Crippen LogP contribution in [0.4, 0.5) is 4.79 Å². The van der Waals surface area contributed by atoms with Crippen molar-refractivity contribution in [3.8, 4) is 5.75 Å². The zero-order valence-electron chi connectivity index (χ0n) is 10.2. The monoisotopic (exact) mass is 258 g/mol. The van der Waals surface area contributed by atoms with E-state index in [1.165, 1.54) is 0 Å². The highest BCUT2D eigenvalue weighted by Crippen LogP contribution is 2.19. The number of aliphatic imine (C=N–C) groups is 1. The molecule has 1 amide bonds. The number of ether oxygens (including phenoxy) is 1. The summed E-state index contributed by atoms with van der Waals surface area (Å²) in [6, 6.07) is 8.89. The molecule has 2 aliphatic rings. The fourth-order valence-corrected chi connectivity index (χ4v) is 2.18.